The third kappa shape index (κ3) is 6.47. The number of carbonyl (C=O) groups is 1. The predicted octanol–water partition coefficient (Wildman–Crippen LogP) is 1.01. The fourth-order valence-electron chi connectivity index (χ4n) is 4.27. The van der Waals surface area contributed by atoms with E-state index in [-0.39, 0.29) is 11.7 Å². The van der Waals surface area contributed by atoms with E-state index in [0.29, 0.717) is 38.1 Å². The molecule has 1 atom stereocenters. The Labute approximate surface area is 227 Å². The molecule has 14 heteroatoms. The minimum atomic E-state index is -0.709. The van der Waals surface area contributed by atoms with Crippen LogP contribution < -0.4 is 25.3 Å². The number of nitrogens with one attached hydrogen (secondary N) is 2. The highest BCUT2D eigenvalue weighted by Crippen LogP contribution is 2.40. The summed E-state index contributed by atoms with van der Waals surface area (Å²) in [4.78, 5) is 40.3. The van der Waals surface area contributed by atoms with Crippen LogP contribution in [0, 0.1) is 0 Å². The van der Waals surface area contributed by atoms with E-state index >= 15 is 0 Å². The zero-order chi connectivity index (χ0) is 27.8. The molecule has 0 aliphatic carbocycles. The minimum Gasteiger partial charge on any atom is -0.481 e. The van der Waals surface area contributed by atoms with E-state index in [1.165, 1.54) is 12.4 Å². The van der Waals surface area contributed by atoms with Crippen LogP contribution in [-0.4, -0.2) is 110 Å². The Morgan fingerprint density at radius 1 is 1.36 bits per heavy atom. The number of ether oxygens (including phenoxy) is 2. The number of morpholine rings is 1. The summed E-state index contributed by atoms with van der Waals surface area (Å²) in [5.74, 6) is 2.01. The Morgan fingerprint density at radius 2 is 2.13 bits per heavy atom. The Morgan fingerprint density at radius 3 is 2.77 bits per heavy atom. The quantitative estimate of drug-likeness (QED) is 0.163. The van der Waals surface area contributed by atoms with Gasteiger partial charge in [-0.2, -0.15) is 0 Å². The van der Waals surface area contributed by atoms with E-state index in [4.69, 9.17) is 24.6 Å². The average Bonchev–Trinajstić information content (AvgIpc) is 3.30. The number of methoxy groups -OCH3 is 1. The molecule has 0 bridgehead atoms. The second-order valence-corrected chi connectivity index (χ2v) is 8.86. The highest BCUT2D eigenvalue weighted by atomic mass is 16.5. The van der Waals surface area contributed by atoms with Crippen molar-refractivity contribution in [3.05, 3.63) is 30.1 Å². The van der Waals surface area contributed by atoms with Crippen LogP contribution in [-0.2, 0) is 9.53 Å². The van der Waals surface area contributed by atoms with E-state index < -0.39 is 5.91 Å². The van der Waals surface area contributed by atoms with E-state index in [2.05, 4.69) is 41.7 Å². The number of anilines is 3. The standard InChI is InChI=1S/C25H34N10O4/c1-5-34(16-27-13-18(12-26-2)25(36)32-37)15-19-29-21-23(33(19)3)30-22(17-6-7-20(38-4)28-14-17)31-24(21)35-8-10-39-11-9-35/h6-7,12-14,19,29,37H,2,5,8-11,15-16H2,1,3-4H3,(H,32,36)/b18-12+,27-13?. The topological polar surface area (TPSA) is 153 Å². The van der Waals surface area contributed by atoms with Crippen molar-refractivity contribution in [2.75, 3.05) is 75.3 Å². The minimum absolute atomic E-state index is 0.0954. The number of rotatable bonds is 11. The van der Waals surface area contributed by atoms with Gasteiger partial charge in [0.05, 0.1) is 32.6 Å². The molecule has 1 saturated heterocycles. The SMILES string of the molecule is C=N/C=C(\C=NCN(CC)CC1Nc2c(N3CCOCC3)nc(-c3ccc(OC)nc3)nc2N1C)C(=O)NO. The molecule has 208 valence electrons. The number of fused-ring (bicyclic) bond motifs is 1. The predicted molar refractivity (Wildman–Crippen MR) is 149 cm³/mol. The van der Waals surface area contributed by atoms with E-state index in [0.717, 1.165) is 42.5 Å². The van der Waals surface area contributed by atoms with Crippen molar-refractivity contribution >= 4 is 36.2 Å². The van der Waals surface area contributed by atoms with Gasteiger partial charge in [0, 0.05) is 56.9 Å². The summed E-state index contributed by atoms with van der Waals surface area (Å²) in [5.41, 5.74) is 3.34. The molecule has 0 saturated carbocycles. The van der Waals surface area contributed by atoms with Gasteiger partial charge in [-0.15, -0.1) is 0 Å². The molecule has 14 nitrogen and oxygen atoms in total. The molecule has 2 aromatic heterocycles. The molecular formula is C25H34N10O4. The Hall–Kier alpha value is -4.14. The molecule has 2 aliphatic heterocycles. The van der Waals surface area contributed by atoms with Crippen molar-refractivity contribution in [2.45, 2.75) is 13.1 Å². The van der Waals surface area contributed by atoms with Crippen molar-refractivity contribution in [1.29, 1.82) is 0 Å². The van der Waals surface area contributed by atoms with Gasteiger partial charge in [-0.25, -0.2) is 20.4 Å². The molecule has 2 aromatic rings. The van der Waals surface area contributed by atoms with Crippen LogP contribution >= 0.6 is 0 Å². The molecule has 1 fully saturated rings. The van der Waals surface area contributed by atoms with Gasteiger partial charge >= 0.3 is 0 Å². The van der Waals surface area contributed by atoms with Crippen LogP contribution in [0.5, 0.6) is 5.88 Å². The maximum Gasteiger partial charge on any atom is 0.277 e. The number of likely N-dealkylation sites (N-methyl/N-ethyl adjacent to an activating group) is 2. The van der Waals surface area contributed by atoms with Crippen molar-refractivity contribution in [2.24, 2.45) is 9.98 Å². The summed E-state index contributed by atoms with van der Waals surface area (Å²) < 4.78 is 10.8. The summed E-state index contributed by atoms with van der Waals surface area (Å²) >= 11 is 0. The zero-order valence-electron chi connectivity index (χ0n) is 22.4. The fraction of sp³-hybridized carbons (Fsp3) is 0.440. The number of amides is 1. The molecular weight excluding hydrogens is 504 g/mol. The second-order valence-electron chi connectivity index (χ2n) is 8.86. The smallest absolute Gasteiger partial charge is 0.277 e. The lowest BCUT2D eigenvalue weighted by Gasteiger charge is -2.29. The molecule has 0 spiro atoms. The molecule has 4 heterocycles. The zero-order valence-corrected chi connectivity index (χ0v) is 22.4. The average molecular weight is 539 g/mol. The molecule has 4 rings (SSSR count). The first-order chi connectivity index (χ1) is 19.0. The van der Waals surface area contributed by atoms with Crippen LogP contribution in [0.15, 0.2) is 40.1 Å². The van der Waals surface area contributed by atoms with Gasteiger partial charge in [-0.05, 0) is 19.3 Å². The summed E-state index contributed by atoms with van der Waals surface area (Å²) in [6, 6.07) is 3.69. The van der Waals surface area contributed by atoms with Gasteiger partial charge in [0.2, 0.25) is 5.88 Å². The Balaban J connectivity index is 1.56. The molecule has 1 amide bonds. The van der Waals surface area contributed by atoms with Crippen LogP contribution in [0.1, 0.15) is 6.92 Å². The molecule has 39 heavy (non-hydrogen) atoms. The maximum absolute atomic E-state index is 11.7. The number of hydrogen-bond acceptors (Lipinski definition) is 13. The number of hydrogen-bond donors (Lipinski definition) is 3. The molecule has 0 aromatic carbocycles. The van der Waals surface area contributed by atoms with Crippen LogP contribution in [0.3, 0.4) is 0 Å². The van der Waals surface area contributed by atoms with E-state index in [1.54, 1.807) is 24.9 Å². The lowest BCUT2D eigenvalue weighted by atomic mass is 10.2. The van der Waals surface area contributed by atoms with Gasteiger partial charge < -0.3 is 24.6 Å². The summed E-state index contributed by atoms with van der Waals surface area (Å²) in [5, 5.41) is 12.5. The first-order valence-electron chi connectivity index (χ1n) is 12.6. The lowest BCUT2D eigenvalue weighted by molar-refractivity contribution is -0.124. The molecule has 1 unspecified atom stereocenters. The second kappa shape index (κ2) is 13.1. The van der Waals surface area contributed by atoms with Gasteiger partial charge in [0.1, 0.15) is 11.9 Å². The summed E-state index contributed by atoms with van der Waals surface area (Å²) in [6.07, 6.45) is 4.21. The Bertz CT molecular complexity index is 1210. The van der Waals surface area contributed by atoms with Crippen molar-refractivity contribution in [3.8, 4) is 17.3 Å². The van der Waals surface area contributed by atoms with Gasteiger partial charge in [0.25, 0.3) is 5.91 Å². The number of aliphatic imine (C=N–C) groups is 2. The number of nitrogens with zero attached hydrogens (tertiary/aromatic N) is 8. The highest BCUT2D eigenvalue weighted by molar-refractivity contribution is 6.11. The number of hydroxylamine groups is 1. The first kappa shape index (κ1) is 27.9. The molecule has 2 aliphatic rings. The van der Waals surface area contributed by atoms with Crippen LogP contribution in [0.4, 0.5) is 17.3 Å². The largest absolute Gasteiger partial charge is 0.481 e. The van der Waals surface area contributed by atoms with Crippen molar-refractivity contribution in [1.82, 2.24) is 25.3 Å². The van der Waals surface area contributed by atoms with Gasteiger partial charge in [-0.1, -0.05) is 6.92 Å². The third-order valence-corrected chi connectivity index (χ3v) is 6.48. The Kier molecular flexibility index (Phi) is 9.35. The van der Waals surface area contributed by atoms with Gasteiger partial charge in [-0.3, -0.25) is 24.9 Å². The normalized spacial score (nSPS) is 17.4. The van der Waals surface area contributed by atoms with Crippen molar-refractivity contribution < 1.29 is 19.5 Å². The summed E-state index contributed by atoms with van der Waals surface area (Å²) in [7, 11) is 3.57. The molecule has 0 radical (unpaired) electrons. The maximum atomic E-state index is 11.7. The van der Waals surface area contributed by atoms with Crippen LogP contribution in [0.2, 0.25) is 0 Å². The lowest BCUT2D eigenvalue weighted by Crippen LogP contribution is -2.44. The number of pyridine rings is 1. The number of carbonyl (C=O) groups excluding carboxylic acids is 1. The fourth-order valence-corrected chi connectivity index (χ4v) is 4.27. The van der Waals surface area contributed by atoms with E-state index in [9.17, 15) is 4.79 Å². The van der Waals surface area contributed by atoms with Crippen LogP contribution in [0.25, 0.3) is 11.4 Å². The molecule has 3 N–H and O–H groups in total. The first-order valence-corrected chi connectivity index (χ1v) is 12.6. The monoisotopic (exact) mass is 538 g/mol. The third-order valence-electron chi connectivity index (χ3n) is 6.48. The van der Waals surface area contributed by atoms with Gasteiger partial charge in [0.15, 0.2) is 17.5 Å². The highest BCUT2D eigenvalue weighted by Gasteiger charge is 2.34. The summed E-state index contributed by atoms with van der Waals surface area (Å²) in [6.45, 7) is 9.76. The van der Waals surface area contributed by atoms with E-state index in [1.807, 2.05) is 20.0 Å². The van der Waals surface area contributed by atoms with Crippen molar-refractivity contribution in [3.63, 3.8) is 0 Å². The number of aromatic nitrogens is 3.